The van der Waals surface area contributed by atoms with Crippen LogP contribution < -0.4 is 5.32 Å². The molecule has 5 rings (SSSR count). The number of nitrogens with zero attached hydrogens (tertiary/aromatic N) is 1. The standard InChI is InChI=1S/C25H17ClN2O2/c1-15-8-10-16(11-9-15)24(29)27-17-12-13-23-22(14-17)28-25(30-23)20-6-2-5-19-18(20)4-3-7-21(19)26/h2-14H,1H3,(H,27,29). The predicted molar refractivity (Wildman–Crippen MR) is 121 cm³/mol. The summed E-state index contributed by atoms with van der Waals surface area (Å²) in [5.74, 6) is 0.349. The van der Waals surface area contributed by atoms with Crippen LogP contribution in [0.25, 0.3) is 33.3 Å². The summed E-state index contributed by atoms with van der Waals surface area (Å²) in [5.41, 5.74) is 4.57. The Balaban J connectivity index is 1.50. The number of oxazole rings is 1. The molecule has 146 valence electrons. The molecule has 0 unspecified atom stereocenters. The Labute approximate surface area is 178 Å². The third-order valence-electron chi connectivity index (χ3n) is 5.06. The van der Waals surface area contributed by atoms with Gasteiger partial charge in [-0.15, -0.1) is 0 Å². The fraction of sp³-hybridized carbons (Fsp3) is 0.0400. The number of rotatable bonds is 3. The van der Waals surface area contributed by atoms with Crippen LogP contribution in [0.4, 0.5) is 5.69 Å². The fourth-order valence-corrected chi connectivity index (χ4v) is 3.72. The van der Waals surface area contributed by atoms with E-state index in [1.165, 1.54) is 0 Å². The van der Waals surface area contributed by atoms with Crippen LogP contribution in [0.5, 0.6) is 0 Å². The van der Waals surface area contributed by atoms with Gasteiger partial charge in [-0.2, -0.15) is 0 Å². The van der Waals surface area contributed by atoms with Crippen molar-refractivity contribution in [2.24, 2.45) is 0 Å². The number of amides is 1. The summed E-state index contributed by atoms with van der Waals surface area (Å²) < 4.78 is 5.99. The number of aromatic nitrogens is 1. The SMILES string of the molecule is Cc1ccc(C(=O)Nc2ccc3oc(-c4cccc5c(Cl)cccc45)nc3c2)cc1. The zero-order valence-electron chi connectivity index (χ0n) is 16.1. The van der Waals surface area contributed by atoms with Gasteiger partial charge in [0.25, 0.3) is 5.91 Å². The van der Waals surface area contributed by atoms with Crippen LogP contribution in [-0.4, -0.2) is 10.9 Å². The van der Waals surface area contributed by atoms with Gasteiger partial charge in [-0.3, -0.25) is 4.79 Å². The number of carbonyl (C=O) groups is 1. The first-order valence-electron chi connectivity index (χ1n) is 9.55. The smallest absolute Gasteiger partial charge is 0.255 e. The maximum absolute atomic E-state index is 12.5. The highest BCUT2D eigenvalue weighted by molar-refractivity contribution is 6.35. The van der Waals surface area contributed by atoms with Gasteiger partial charge in [0.1, 0.15) is 5.52 Å². The lowest BCUT2D eigenvalue weighted by Crippen LogP contribution is -2.11. The van der Waals surface area contributed by atoms with Gasteiger partial charge in [0.2, 0.25) is 5.89 Å². The fourth-order valence-electron chi connectivity index (χ4n) is 3.49. The van der Waals surface area contributed by atoms with Crippen LogP contribution >= 0.6 is 11.6 Å². The van der Waals surface area contributed by atoms with E-state index >= 15 is 0 Å². The lowest BCUT2D eigenvalue weighted by molar-refractivity contribution is 0.102. The molecule has 0 saturated carbocycles. The van der Waals surface area contributed by atoms with Crippen LogP contribution in [-0.2, 0) is 0 Å². The number of fused-ring (bicyclic) bond motifs is 2. The Morgan fingerprint density at radius 1 is 0.933 bits per heavy atom. The van der Waals surface area contributed by atoms with E-state index in [1.54, 1.807) is 0 Å². The number of anilines is 1. The molecule has 5 heteroatoms. The number of nitrogens with one attached hydrogen (secondary N) is 1. The molecule has 0 aliphatic heterocycles. The monoisotopic (exact) mass is 412 g/mol. The molecular weight excluding hydrogens is 396 g/mol. The van der Waals surface area contributed by atoms with Gasteiger partial charge in [0.05, 0.1) is 0 Å². The van der Waals surface area contributed by atoms with Gasteiger partial charge >= 0.3 is 0 Å². The van der Waals surface area contributed by atoms with Crippen molar-refractivity contribution in [2.45, 2.75) is 6.92 Å². The minimum Gasteiger partial charge on any atom is -0.436 e. The van der Waals surface area contributed by atoms with E-state index in [9.17, 15) is 4.79 Å². The normalized spacial score (nSPS) is 11.1. The first-order valence-corrected chi connectivity index (χ1v) is 9.92. The van der Waals surface area contributed by atoms with E-state index in [1.807, 2.05) is 85.8 Å². The molecule has 0 aliphatic rings. The maximum Gasteiger partial charge on any atom is 0.255 e. The number of hydrogen-bond donors (Lipinski definition) is 1. The molecule has 0 radical (unpaired) electrons. The van der Waals surface area contributed by atoms with E-state index in [-0.39, 0.29) is 5.91 Å². The largest absolute Gasteiger partial charge is 0.436 e. The summed E-state index contributed by atoms with van der Waals surface area (Å²) in [7, 11) is 0. The number of carbonyl (C=O) groups excluding carboxylic acids is 1. The van der Waals surface area contributed by atoms with Crippen molar-refractivity contribution in [3.8, 4) is 11.5 Å². The quantitative estimate of drug-likeness (QED) is 0.352. The van der Waals surface area contributed by atoms with Crippen molar-refractivity contribution in [1.29, 1.82) is 0 Å². The molecule has 5 aromatic rings. The summed E-state index contributed by atoms with van der Waals surface area (Å²) >= 11 is 6.33. The summed E-state index contributed by atoms with van der Waals surface area (Å²) in [6.07, 6.45) is 0. The van der Waals surface area contributed by atoms with E-state index < -0.39 is 0 Å². The average Bonchev–Trinajstić information content (AvgIpc) is 3.17. The highest BCUT2D eigenvalue weighted by Crippen LogP contribution is 2.34. The first kappa shape index (κ1) is 18.4. The Hall–Kier alpha value is -3.63. The number of halogens is 1. The van der Waals surface area contributed by atoms with Crippen molar-refractivity contribution in [3.63, 3.8) is 0 Å². The highest BCUT2D eigenvalue weighted by Gasteiger charge is 2.13. The second kappa shape index (κ2) is 7.32. The summed E-state index contributed by atoms with van der Waals surface area (Å²) in [5, 5.41) is 5.53. The molecule has 1 aromatic heterocycles. The molecule has 0 fully saturated rings. The van der Waals surface area contributed by atoms with Crippen molar-refractivity contribution >= 4 is 45.1 Å². The third-order valence-corrected chi connectivity index (χ3v) is 5.39. The highest BCUT2D eigenvalue weighted by atomic mass is 35.5. The molecule has 4 nitrogen and oxygen atoms in total. The van der Waals surface area contributed by atoms with Crippen molar-refractivity contribution in [2.75, 3.05) is 5.32 Å². The van der Waals surface area contributed by atoms with Crippen molar-refractivity contribution in [1.82, 2.24) is 4.98 Å². The van der Waals surface area contributed by atoms with Crippen LogP contribution in [0.3, 0.4) is 0 Å². The first-order chi connectivity index (χ1) is 14.6. The van der Waals surface area contributed by atoms with E-state index in [0.29, 0.717) is 33.3 Å². The molecule has 1 amide bonds. The second-order valence-corrected chi connectivity index (χ2v) is 7.57. The van der Waals surface area contributed by atoms with Crippen LogP contribution in [0.2, 0.25) is 5.02 Å². The molecule has 0 saturated heterocycles. The van der Waals surface area contributed by atoms with E-state index in [0.717, 1.165) is 21.9 Å². The molecule has 0 spiro atoms. The Bertz CT molecular complexity index is 1400. The van der Waals surface area contributed by atoms with E-state index in [4.69, 9.17) is 16.0 Å². The molecule has 0 aliphatic carbocycles. The van der Waals surface area contributed by atoms with Crippen molar-refractivity contribution < 1.29 is 9.21 Å². The zero-order valence-corrected chi connectivity index (χ0v) is 16.9. The molecule has 0 bridgehead atoms. The molecule has 1 N–H and O–H groups in total. The lowest BCUT2D eigenvalue weighted by atomic mass is 10.0. The van der Waals surface area contributed by atoms with Gasteiger partial charge in [-0.05, 0) is 54.8 Å². The Morgan fingerprint density at radius 2 is 1.70 bits per heavy atom. The summed E-state index contributed by atoms with van der Waals surface area (Å²) in [4.78, 5) is 17.2. The maximum atomic E-state index is 12.5. The van der Waals surface area contributed by atoms with Crippen LogP contribution in [0, 0.1) is 6.92 Å². The van der Waals surface area contributed by atoms with Gasteiger partial charge in [-0.25, -0.2) is 4.98 Å². The zero-order chi connectivity index (χ0) is 20.7. The molecule has 4 aromatic carbocycles. The summed E-state index contributed by atoms with van der Waals surface area (Å²) in [6.45, 7) is 1.99. The average molecular weight is 413 g/mol. The molecule has 1 heterocycles. The van der Waals surface area contributed by atoms with Gasteiger partial charge in [0, 0.05) is 27.2 Å². The number of hydrogen-bond acceptors (Lipinski definition) is 3. The van der Waals surface area contributed by atoms with Gasteiger partial charge in [0.15, 0.2) is 5.58 Å². The van der Waals surface area contributed by atoms with Crippen molar-refractivity contribution in [3.05, 3.63) is 95.0 Å². The lowest BCUT2D eigenvalue weighted by Gasteiger charge is -2.05. The third kappa shape index (κ3) is 3.31. The molecule has 0 atom stereocenters. The Kier molecular flexibility index (Phi) is 4.49. The van der Waals surface area contributed by atoms with Crippen LogP contribution in [0.15, 0.2) is 83.3 Å². The topological polar surface area (TPSA) is 55.1 Å². The second-order valence-electron chi connectivity index (χ2n) is 7.16. The Morgan fingerprint density at radius 3 is 2.53 bits per heavy atom. The van der Waals surface area contributed by atoms with Gasteiger partial charge in [-0.1, -0.05) is 53.6 Å². The van der Waals surface area contributed by atoms with Crippen LogP contribution in [0.1, 0.15) is 15.9 Å². The van der Waals surface area contributed by atoms with E-state index in [2.05, 4.69) is 10.3 Å². The minimum atomic E-state index is -0.165. The summed E-state index contributed by atoms with van der Waals surface area (Å²) in [6, 6.07) is 24.5. The number of aryl methyl sites for hydroxylation is 1. The predicted octanol–water partition coefficient (Wildman–Crippen LogP) is 6.86. The van der Waals surface area contributed by atoms with Gasteiger partial charge < -0.3 is 9.73 Å². The molecule has 30 heavy (non-hydrogen) atoms. The number of benzene rings is 4. The minimum absolute atomic E-state index is 0.165. The molecular formula is C25H17ClN2O2.